The summed E-state index contributed by atoms with van der Waals surface area (Å²) >= 11 is 0. The van der Waals surface area contributed by atoms with Crippen LogP contribution in [0.15, 0.2) is 30.3 Å². The van der Waals surface area contributed by atoms with E-state index in [0.29, 0.717) is 52.8 Å². The number of pyridine rings is 1. The molecule has 0 saturated carbocycles. The van der Waals surface area contributed by atoms with E-state index in [1.807, 2.05) is 18.2 Å². The molecule has 6 atom stereocenters. The van der Waals surface area contributed by atoms with Crippen molar-refractivity contribution in [2.24, 2.45) is 0 Å². The van der Waals surface area contributed by atoms with Gasteiger partial charge in [0, 0.05) is 49.1 Å². The van der Waals surface area contributed by atoms with E-state index < -0.39 is 12.0 Å². The molecule has 2 bridgehead atoms. The van der Waals surface area contributed by atoms with Crippen LogP contribution in [-0.2, 0) is 0 Å². The summed E-state index contributed by atoms with van der Waals surface area (Å²) in [7, 11) is 0. The van der Waals surface area contributed by atoms with Crippen LogP contribution in [0.1, 0.15) is 69.0 Å². The van der Waals surface area contributed by atoms with Gasteiger partial charge in [-0.2, -0.15) is 9.97 Å². The first-order valence-electron chi connectivity index (χ1n) is 17.0. The van der Waals surface area contributed by atoms with Crippen molar-refractivity contribution in [1.29, 1.82) is 0 Å². The first kappa shape index (κ1) is 28.7. The third-order valence-electron chi connectivity index (χ3n) is 11.7. The number of nitrogens with one attached hydrogen (secondary N) is 1. The second kappa shape index (κ2) is 10.5. The van der Waals surface area contributed by atoms with E-state index in [2.05, 4.69) is 22.0 Å². The molecule has 4 saturated heterocycles. The Bertz CT molecular complexity index is 1890. The first-order valence-corrected chi connectivity index (χ1v) is 17.0. The Hall–Kier alpha value is -3.50. The van der Waals surface area contributed by atoms with Crippen molar-refractivity contribution in [3.8, 4) is 17.3 Å². The highest BCUT2D eigenvalue weighted by molar-refractivity contribution is 6.01. The van der Waals surface area contributed by atoms with Crippen LogP contribution in [0.2, 0.25) is 0 Å². The number of aromatic nitrogens is 3. The molecule has 0 unspecified atom stereocenters. The lowest BCUT2D eigenvalue weighted by molar-refractivity contribution is 0.107. The third-order valence-corrected chi connectivity index (χ3v) is 11.7. The molecule has 46 heavy (non-hydrogen) atoms. The zero-order valence-electron chi connectivity index (χ0n) is 26.3. The number of anilines is 1. The van der Waals surface area contributed by atoms with Gasteiger partial charge in [-0.25, -0.2) is 18.2 Å². The summed E-state index contributed by atoms with van der Waals surface area (Å²) < 4.78 is 53.1. The number of piperazine rings is 1. The van der Waals surface area contributed by atoms with Crippen LogP contribution >= 0.6 is 0 Å². The van der Waals surface area contributed by atoms with Crippen molar-refractivity contribution in [2.75, 3.05) is 31.1 Å². The molecule has 2 aromatic heterocycles. The van der Waals surface area contributed by atoms with Gasteiger partial charge < -0.3 is 15.0 Å². The quantitative estimate of drug-likeness (QED) is 0.268. The molecule has 0 aliphatic carbocycles. The molecule has 4 fully saturated rings. The van der Waals surface area contributed by atoms with Crippen LogP contribution in [0.25, 0.3) is 32.9 Å². The number of hydrogen-bond acceptors (Lipinski definition) is 7. The SMILES string of the molecule is CC[C@H]1C[C@@H]2[C@@H]3CC[C@H](CN2c2nc(OC[C@@]45CCCN4C[C@H](F)C5)nc4c(F)c(-c5cccc6ccc(F)c(C)c56)nc1c24)N3. The van der Waals surface area contributed by atoms with Gasteiger partial charge in [-0.15, -0.1) is 0 Å². The van der Waals surface area contributed by atoms with Gasteiger partial charge in [0.1, 0.15) is 35.6 Å². The lowest BCUT2D eigenvalue weighted by Gasteiger charge is -2.42. The fourth-order valence-corrected chi connectivity index (χ4v) is 9.47. The van der Waals surface area contributed by atoms with E-state index in [4.69, 9.17) is 19.7 Å². The van der Waals surface area contributed by atoms with E-state index in [1.165, 1.54) is 6.07 Å². The van der Waals surface area contributed by atoms with Crippen LogP contribution in [-0.4, -0.2) is 75.9 Å². The predicted octanol–water partition coefficient (Wildman–Crippen LogP) is 6.59. The summed E-state index contributed by atoms with van der Waals surface area (Å²) in [6.07, 6.45) is 5.30. The van der Waals surface area contributed by atoms with Gasteiger partial charge in [0.2, 0.25) is 0 Å². The van der Waals surface area contributed by atoms with Crippen molar-refractivity contribution in [1.82, 2.24) is 25.2 Å². The standard InChI is InChI=1S/C36H39F3N6O/c1-3-20-14-27-26-11-9-23(40-26)17-45(27)34-29-31(20)41-32(24-7-4-6-21-8-10-25(38)19(2)28(21)24)30(39)33(29)42-35(43-34)46-18-36-12-5-13-44(36)16-22(37)15-36/h4,6-8,10,20,22-23,26-27,40H,3,5,9,11-18H2,1-2H3/t20-,22+,23+,26-,27+,36-/m0/s1. The van der Waals surface area contributed by atoms with Gasteiger partial charge in [-0.3, -0.25) is 4.90 Å². The number of fused-ring (bicyclic) bond motifs is 7. The molecule has 9 rings (SSSR count). The summed E-state index contributed by atoms with van der Waals surface area (Å²) in [5, 5.41) is 5.94. The van der Waals surface area contributed by atoms with E-state index >= 15 is 4.39 Å². The Labute approximate surface area is 266 Å². The Kier molecular flexibility index (Phi) is 6.55. The maximum absolute atomic E-state index is 17.2. The molecular weight excluding hydrogens is 589 g/mol. The maximum Gasteiger partial charge on any atom is 0.319 e. The zero-order chi connectivity index (χ0) is 31.3. The second-order valence-electron chi connectivity index (χ2n) is 14.3. The number of halogens is 3. The molecule has 1 N–H and O–H groups in total. The van der Waals surface area contributed by atoms with E-state index in [9.17, 15) is 8.78 Å². The Morgan fingerprint density at radius 3 is 2.83 bits per heavy atom. The number of alkyl halides is 1. The molecule has 7 nitrogen and oxygen atoms in total. The zero-order valence-corrected chi connectivity index (χ0v) is 26.3. The number of nitrogens with zero attached hydrogens (tertiary/aromatic N) is 5. The molecule has 7 heterocycles. The molecule has 5 aliphatic rings. The van der Waals surface area contributed by atoms with E-state index in [0.717, 1.165) is 62.7 Å². The molecule has 10 heteroatoms. The number of hydrogen-bond donors (Lipinski definition) is 1. The Morgan fingerprint density at radius 2 is 1.96 bits per heavy atom. The van der Waals surface area contributed by atoms with Gasteiger partial charge in [0.15, 0.2) is 5.82 Å². The molecule has 0 radical (unpaired) electrons. The van der Waals surface area contributed by atoms with Gasteiger partial charge in [-0.05, 0) is 74.4 Å². The number of rotatable bonds is 5. The number of benzene rings is 2. The van der Waals surface area contributed by atoms with Gasteiger partial charge in [-0.1, -0.05) is 31.2 Å². The monoisotopic (exact) mass is 628 g/mol. The Morgan fingerprint density at radius 1 is 1.07 bits per heavy atom. The van der Waals surface area contributed by atoms with Gasteiger partial charge in [0.05, 0.1) is 16.6 Å². The van der Waals surface area contributed by atoms with Crippen LogP contribution in [0.3, 0.4) is 0 Å². The minimum absolute atomic E-state index is 0.0589. The van der Waals surface area contributed by atoms with Crippen molar-refractivity contribution in [3.05, 3.63) is 53.2 Å². The minimum Gasteiger partial charge on any atom is -0.461 e. The fourth-order valence-electron chi connectivity index (χ4n) is 9.47. The largest absolute Gasteiger partial charge is 0.461 e. The number of aryl methyl sites for hydroxylation is 1. The first-order chi connectivity index (χ1) is 22.3. The van der Waals surface area contributed by atoms with Crippen molar-refractivity contribution in [2.45, 2.75) is 94.5 Å². The van der Waals surface area contributed by atoms with Crippen molar-refractivity contribution < 1.29 is 17.9 Å². The highest BCUT2D eigenvalue weighted by Crippen LogP contribution is 2.47. The summed E-state index contributed by atoms with van der Waals surface area (Å²) in [5.74, 6) is -0.153. The van der Waals surface area contributed by atoms with Crippen LogP contribution < -0.4 is 15.0 Å². The summed E-state index contributed by atoms with van der Waals surface area (Å²) in [6.45, 7) is 6.21. The molecule has 4 aromatic rings. The van der Waals surface area contributed by atoms with Crippen LogP contribution in [0.4, 0.5) is 19.0 Å². The lowest BCUT2D eigenvalue weighted by Crippen LogP contribution is -2.58. The van der Waals surface area contributed by atoms with Crippen molar-refractivity contribution in [3.63, 3.8) is 0 Å². The lowest BCUT2D eigenvalue weighted by atomic mass is 9.89. The summed E-state index contributed by atoms with van der Waals surface area (Å²) in [4.78, 5) is 19.5. The fraction of sp³-hybridized carbons (Fsp3) is 0.528. The smallest absolute Gasteiger partial charge is 0.319 e. The minimum atomic E-state index is -0.878. The topological polar surface area (TPSA) is 66.4 Å². The molecule has 2 aromatic carbocycles. The molecule has 0 spiro atoms. The molecule has 5 aliphatic heterocycles. The highest BCUT2D eigenvalue weighted by Gasteiger charge is 2.50. The molecular formula is C36H39F3N6O. The second-order valence-corrected chi connectivity index (χ2v) is 14.3. The average Bonchev–Trinajstić information content (AvgIpc) is 3.70. The van der Waals surface area contributed by atoms with Crippen LogP contribution in [0, 0.1) is 18.6 Å². The van der Waals surface area contributed by atoms with Gasteiger partial charge >= 0.3 is 6.01 Å². The number of ether oxygens (including phenoxy) is 1. The third kappa shape index (κ3) is 4.21. The summed E-state index contributed by atoms with van der Waals surface area (Å²) in [5.41, 5.74) is 1.78. The highest BCUT2D eigenvalue weighted by atomic mass is 19.1. The van der Waals surface area contributed by atoms with E-state index in [-0.39, 0.29) is 47.1 Å². The van der Waals surface area contributed by atoms with Crippen molar-refractivity contribution >= 4 is 27.5 Å². The van der Waals surface area contributed by atoms with Gasteiger partial charge in [0.25, 0.3) is 0 Å². The Balaban J connectivity index is 1.26. The molecule has 240 valence electrons. The summed E-state index contributed by atoms with van der Waals surface area (Å²) in [6, 6.07) is 9.73. The molecule has 0 amide bonds. The normalized spacial score (nSPS) is 30.2. The average molecular weight is 629 g/mol. The van der Waals surface area contributed by atoms with E-state index in [1.54, 1.807) is 13.0 Å². The van der Waals surface area contributed by atoms with Crippen LogP contribution in [0.5, 0.6) is 6.01 Å². The maximum atomic E-state index is 17.2. The predicted molar refractivity (Wildman–Crippen MR) is 172 cm³/mol.